The van der Waals surface area contributed by atoms with Gasteiger partial charge in [0.1, 0.15) is 23.5 Å². The molecule has 4 aliphatic rings. The first kappa shape index (κ1) is 34.1. The van der Waals surface area contributed by atoms with Crippen molar-refractivity contribution in [2.75, 3.05) is 26.7 Å². The first-order chi connectivity index (χ1) is 25.0. The molecule has 12 nitrogen and oxygen atoms in total. The molecule has 2 aliphatic carbocycles. The fourth-order valence-electron chi connectivity index (χ4n) is 8.20. The number of rotatable bonds is 10. The Morgan fingerprint density at radius 1 is 0.923 bits per heavy atom. The van der Waals surface area contributed by atoms with E-state index in [1.807, 2.05) is 68.1 Å². The highest BCUT2D eigenvalue weighted by Gasteiger charge is 2.50. The molecule has 8 rings (SSSR count). The standard InChI is InChI=1S/C40H48N6O6/c1-40(2,3)52-38(48)42-34-28-14-15-31(34)45(23-28)37(47)29-17-30-35(33(18-29)50-4)46(36(41-30)32-11-8-16-43(32)19-25-12-13-25)22-27-20-44(21-27)39(49)51-24-26-9-6-5-7-10-26/h5-11,16-18,25,27-28,31,34H,12-15,19-24H2,1-4H3,(H,42,48)/t28-,31-,34-/m1/s1. The zero-order chi connectivity index (χ0) is 36.1. The van der Waals surface area contributed by atoms with E-state index in [-0.39, 0.29) is 42.5 Å². The average molecular weight is 709 g/mol. The number of imidazole rings is 1. The van der Waals surface area contributed by atoms with Gasteiger partial charge in [-0.1, -0.05) is 30.3 Å². The molecule has 0 unspecified atom stereocenters. The maximum absolute atomic E-state index is 14.2. The minimum absolute atomic E-state index is 0.0970. The highest BCUT2D eigenvalue weighted by Crippen LogP contribution is 2.41. The number of fused-ring (bicyclic) bond motifs is 3. The van der Waals surface area contributed by atoms with Crippen LogP contribution in [0, 0.1) is 17.8 Å². The summed E-state index contributed by atoms with van der Waals surface area (Å²) in [5.74, 6) is 2.33. The number of hydrogen-bond donors (Lipinski definition) is 1. The maximum Gasteiger partial charge on any atom is 0.410 e. The minimum Gasteiger partial charge on any atom is -0.494 e. The monoisotopic (exact) mass is 708 g/mol. The summed E-state index contributed by atoms with van der Waals surface area (Å²) in [6.07, 6.45) is 5.60. The first-order valence-corrected chi connectivity index (χ1v) is 18.5. The molecule has 3 amide bonds. The van der Waals surface area contributed by atoms with Crippen LogP contribution in [0.5, 0.6) is 5.75 Å². The summed E-state index contributed by atoms with van der Waals surface area (Å²) in [5.41, 5.74) is 3.39. The molecule has 0 spiro atoms. The molecule has 274 valence electrons. The van der Waals surface area contributed by atoms with Crippen LogP contribution in [0.25, 0.3) is 22.6 Å². The summed E-state index contributed by atoms with van der Waals surface area (Å²) in [5, 5.41) is 3.06. The van der Waals surface area contributed by atoms with Gasteiger partial charge >= 0.3 is 12.2 Å². The number of likely N-dealkylation sites (tertiary alicyclic amines) is 2. The zero-order valence-electron chi connectivity index (χ0n) is 30.4. The number of nitrogens with one attached hydrogen (secondary N) is 1. The third-order valence-corrected chi connectivity index (χ3v) is 10.9. The fraction of sp³-hybridized carbons (Fsp3) is 0.500. The molecule has 0 radical (unpaired) electrons. The van der Waals surface area contributed by atoms with Crippen LogP contribution in [-0.4, -0.2) is 86.4 Å². The molecule has 2 aromatic heterocycles. The van der Waals surface area contributed by atoms with E-state index in [1.54, 1.807) is 12.0 Å². The van der Waals surface area contributed by atoms with Crippen LogP contribution in [0.4, 0.5) is 9.59 Å². The second-order valence-electron chi connectivity index (χ2n) is 15.9. The maximum atomic E-state index is 14.2. The van der Waals surface area contributed by atoms with Crippen LogP contribution in [-0.2, 0) is 29.2 Å². The molecule has 12 heteroatoms. The zero-order valence-corrected chi connectivity index (χ0v) is 30.4. The summed E-state index contributed by atoms with van der Waals surface area (Å²) < 4.78 is 21.6. The van der Waals surface area contributed by atoms with E-state index in [9.17, 15) is 14.4 Å². The van der Waals surface area contributed by atoms with Crippen LogP contribution in [0.1, 0.15) is 62.4 Å². The molecule has 2 saturated heterocycles. The van der Waals surface area contributed by atoms with Gasteiger partial charge in [0.05, 0.1) is 30.4 Å². The van der Waals surface area contributed by atoms with E-state index in [0.717, 1.165) is 42.0 Å². The molecule has 2 bridgehead atoms. The van der Waals surface area contributed by atoms with Gasteiger partial charge in [-0.3, -0.25) is 4.79 Å². The molecule has 2 aromatic carbocycles. The van der Waals surface area contributed by atoms with Crippen molar-refractivity contribution < 1.29 is 28.6 Å². The molecular weight excluding hydrogens is 660 g/mol. The predicted molar refractivity (Wildman–Crippen MR) is 195 cm³/mol. The smallest absolute Gasteiger partial charge is 0.410 e. The number of hydrogen-bond acceptors (Lipinski definition) is 7. The molecule has 3 atom stereocenters. The highest BCUT2D eigenvalue weighted by molar-refractivity contribution is 6.00. The summed E-state index contributed by atoms with van der Waals surface area (Å²) in [6, 6.07) is 17.3. The Hall–Kier alpha value is -5.00. The molecular formula is C40H48N6O6. The van der Waals surface area contributed by atoms with Crippen LogP contribution in [0.2, 0.25) is 0 Å². The van der Waals surface area contributed by atoms with Gasteiger partial charge in [0, 0.05) is 50.4 Å². The van der Waals surface area contributed by atoms with Crippen molar-refractivity contribution in [2.24, 2.45) is 17.8 Å². The van der Waals surface area contributed by atoms with E-state index >= 15 is 0 Å². The SMILES string of the molecule is COc1cc(C(=O)N2C[C@H]3CC[C@@H]2[C@@H]3NC(=O)OC(C)(C)C)cc2nc(-c3cccn3CC3CC3)n(CC3CN(C(=O)OCc4ccccc4)C3)c12. The Labute approximate surface area is 304 Å². The number of aromatic nitrogens is 3. The van der Waals surface area contributed by atoms with Crippen molar-refractivity contribution in [2.45, 2.75) is 83.8 Å². The Morgan fingerprint density at radius 2 is 1.71 bits per heavy atom. The number of nitrogens with zero attached hydrogens (tertiary/aromatic N) is 5. The summed E-state index contributed by atoms with van der Waals surface area (Å²) >= 11 is 0. The van der Waals surface area contributed by atoms with Gasteiger partial charge in [-0.25, -0.2) is 14.6 Å². The van der Waals surface area contributed by atoms with Crippen LogP contribution in [0.3, 0.4) is 0 Å². The highest BCUT2D eigenvalue weighted by atomic mass is 16.6. The molecule has 4 fully saturated rings. The Bertz CT molecular complexity index is 1970. The van der Waals surface area contributed by atoms with Gasteiger partial charge in [0.25, 0.3) is 5.91 Å². The van der Waals surface area contributed by atoms with Gasteiger partial charge in [0.2, 0.25) is 0 Å². The number of carbonyl (C=O) groups excluding carboxylic acids is 3. The van der Waals surface area contributed by atoms with Gasteiger partial charge in [-0.2, -0.15) is 0 Å². The van der Waals surface area contributed by atoms with Gasteiger partial charge in [-0.05, 0) is 88.1 Å². The third kappa shape index (κ3) is 6.82. The normalized spacial score (nSPS) is 21.3. The number of piperidine rings is 1. The van der Waals surface area contributed by atoms with E-state index in [4.69, 9.17) is 19.2 Å². The van der Waals surface area contributed by atoms with Crippen molar-refractivity contribution in [1.29, 1.82) is 0 Å². The number of methoxy groups -OCH3 is 1. The van der Waals surface area contributed by atoms with Crippen molar-refractivity contribution >= 4 is 29.1 Å². The molecule has 4 aromatic rings. The van der Waals surface area contributed by atoms with Crippen LogP contribution >= 0.6 is 0 Å². The first-order valence-electron chi connectivity index (χ1n) is 18.5. The molecule has 4 heterocycles. The quantitative estimate of drug-likeness (QED) is 0.205. The van der Waals surface area contributed by atoms with Crippen molar-refractivity contribution in [3.05, 3.63) is 71.9 Å². The topological polar surface area (TPSA) is 120 Å². The lowest BCUT2D eigenvalue weighted by molar-refractivity contribution is 0.0450. The van der Waals surface area contributed by atoms with Crippen molar-refractivity contribution in [3.63, 3.8) is 0 Å². The van der Waals surface area contributed by atoms with Gasteiger partial charge < -0.3 is 38.5 Å². The Balaban J connectivity index is 1.05. The number of alkyl carbamates (subject to hydrolysis) is 1. The second kappa shape index (κ2) is 13.5. The summed E-state index contributed by atoms with van der Waals surface area (Å²) in [4.78, 5) is 48.6. The van der Waals surface area contributed by atoms with Crippen LogP contribution < -0.4 is 10.1 Å². The number of carbonyl (C=O) groups is 3. The largest absolute Gasteiger partial charge is 0.494 e. The molecule has 52 heavy (non-hydrogen) atoms. The predicted octanol–water partition coefficient (Wildman–Crippen LogP) is 6.32. The van der Waals surface area contributed by atoms with Gasteiger partial charge in [-0.15, -0.1) is 0 Å². The van der Waals surface area contributed by atoms with Gasteiger partial charge in [0.15, 0.2) is 5.82 Å². The van der Waals surface area contributed by atoms with E-state index in [0.29, 0.717) is 48.9 Å². The summed E-state index contributed by atoms with van der Waals surface area (Å²) in [6.45, 7) is 9.06. The second-order valence-corrected chi connectivity index (χ2v) is 15.9. The lowest BCUT2D eigenvalue weighted by atomic mass is 10.0. The van der Waals surface area contributed by atoms with Crippen molar-refractivity contribution in [3.8, 4) is 17.3 Å². The number of amides is 3. The fourth-order valence-corrected chi connectivity index (χ4v) is 8.20. The van der Waals surface area contributed by atoms with E-state index in [2.05, 4.69) is 32.8 Å². The van der Waals surface area contributed by atoms with Crippen LogP contribution in [0.15, 0.2) is 60.8 Å². The number of ether oxygens (including phenoxy) is 3. The van der Waals surface area contributed by atoms with E-state index < -0.39 is 11.7 Å². The molecule has 2 saturated carbocycles. The summed E-state index contributed by atoms with van der Waals surface area (Å²) in [7, 11) is 1.63. The number of benzene rings is 2. The molecule has 2 aliphatic heterocycles. The van der Waals surface area contributed by atoms with E-state index in [1.165, 1.54) is 12.8 Å². The third-order valence-electron chi connectivity index (χ3n) is 10.9. The average Bonchev–Trinajstić information content (AvgIpc) is 3.36. The lowest BCUT2D eigenvalue weighted by Crippen LogP contribution is -2.51. The Kier molecular flexibility index (Phi) is 8.87. The minimum atomic E-state index is -0.600. The lowest BCUT2D eigenvalue weighted by Gasteiger charge is -2.38. The van der Waals surface area contributed by atoms with Crippen molar-refractivity contribution in [1.82, 2.24) is 29.2 Å². The molecule has 1 N–H and O–H groups in total. The Morgan fingerprint density at radius 3 is 2.44 bits per heavy atom.